The Morgan fingerprint density at radius 2 is 2.09 bits per heavy atom. The van der Waals surface area contributed by atoms with E-state index in [1.54, 1.807) is 12.3 Å². The quantitative estimate of drug-likeness (QED) is 0.566. The lowest BCUT2D eigenvalue weighted by Crippen LogP contribution is -2.47. The fraction of sp³-hybridized carbons (Fsp3) is 0.565. The average molecular weight is 482 g/mol. The van der Waals surface area contributed by atoms with Gasteiger partial charge >= 0.3 is 0 Å². The summed E-state index contributed by atoms with van der Waals surface area (Å²) in [4.78, 5) is 14.6. The second-order valence-corrected chi connectivity index (χ2v) is 9.31. The van der Waals surface area contributed by atoms with Gasteiger partial charge in [-0.1, -0.05) is 0 Å². The van der Waals surface area contributed by atoms with Crippen molar-refractivity contribution in [1.82, 2.24) is 25.7 Å². The van der Waals surface area contributed by atoms with Gasteiger partial charge in [0.1, 0.15) is 12.4 Å². The number of nitrogens with one attached hydrogen (secondary N) is 3. The normalized spacial score (nSPS) is 23.4. The zero-order valence-corrected chi connectivity index (χ0v) is 19.2. The van der Waals surface area contributed by atoms with Crippen molar-refractivity contribution in [3.8, 4) is 5.75 Å². The van der Waals surface area contributed by atoms with E-state index in [1.807, 2.05) is 4.90 Å². The monoisotopic (exact) mass is 481 g/mol. The summed E-state index contributed by atoms with van der Waals surface area (Å²) >= 11 is 0. The largest absolute Gasteiger partial charge is 0.484 e. The summed E-state index contributed by atoms with van der Waals surface area (Å²) < 4.78 is 34.0. The Kier molecular flexibility index (Phi) is 7.21. The Labute approximate surface area is 198 Å². The number of ether oxygens (including phenoxy) is 1. The van der Waals surface area contributed by atoms with Crippen molar-refractivity contribution in [3.05, 3.63) is 47.3 Å². The van der Waals surface area contributed by atoms with Gasteiger partial charge in [-0.25, -0.2) is 8.78 Å². The number of aromatic nitrogens is 2. The Hall–Kier alpha value is -2.23. The number of hydrogen-bond acceptors (Lipinski definition) is 5. The third-order valence-electron chi connectivity index (χ3n) is 7.18. The summed E-state index contributed by atoms with van der Waals surface area (Å²) in [6, 6.07) is 3.91. The second-order valence-electron chi connectivity index (χ2n) is 9.31. The number of carbonyl (C=O) groups excluding carboxylic acids is 1. The van der Waals surface area contributed by atoms with Crippen LogP contribution in [0.1, 0.15) is 42.9 Å². The predicted octanol–water partition coefficient (Wildman–Crippen LogP) is 2.74. The maximum atomic E-state index is 14.5. The van der Waals surface area contributed by atoms with E-state index in [2.05, 4.69) is 20.8 Å². The van der Waals surface area contributed by atoms with Gasteiger partial charge in [0.15, 0.2) is 11.6 Å². The van der Waals surface area contributed by atoms with E-state index in [0.717, 1.165) is 45.1 Å². The molecule has 1 saturated carbocycles. The molecule has 3 aliphatic rings. The molecule has 180 valence electrons. The lowest BCUT2D eigenvalue weighted by molar-refractivity contribution is -0.132. The van der Waals surface area contributed by atoms with E-state index >= 15 is 0 Å². The molecule has 2 atom stereocenters. The molecule has 10 heteroatoms. The molecule has 33 heavy (non-hydrogen) atoms. The van der Waals surface area contributed by atoms with E-state index in [0.29, 0.717) is 23.1 Å². The number of nitrogens with zero attached hydrogens (tertiary/aromatic N) is 2. The first-order valence-electron chi connectivity index (χ1n) is 11.3. The highest BCUT2D eigenvalue weighted by Gasteiger charge is 2.42. The fourth-order valence-corrected chi connectivity index (χ4v) is 5.07. The van der Waals surface area contributed by atoms with Crippen LogP contribution >= 0.6 is 12.4 Å². The number of halogens is 3. The van der Waals surface area contributed by atoms with Crippen LogP contribution in [-0.2, 0) is 11.4 Å². The Bertz CT molecular complexity index is 958. The number of carbonyl (C=O) groups is 1. The number of rotatable bonds is 7. The number of amides is 1. The molecule has 3 N–H and O–H groups in total. The Morgan fingerprint density at radius 3 is 2.79 bits per heavy atom. The van der Waals surface area contributed by atoms with Gasteiger partial charge in [0.05, 0.1) is 12.2 Å². The molecule has 1 aromatic heterocycles. The van der Waals surface area contributed by atoms with Crippen LogP contribution in [0.2, 0.25) is 0 Å². The molecule has 1 spiro atoms. The summed E-state index contributed by atoms with van der Waals surface area (Å²) in [5.41, 5.74) is 1.58. The van der Waals surface area contributed by atoms with Crippen molar-refractivity contribution in [1.29, 1.82) is 0 Å². The van der Waals surface area contributed by atoms with Crippen LogP contribution in [0, 0.1) is 17.0 Å². The van der Waals surface area contributed by atoms with Gasteiger partial charge < -0.3 is 20.3 Å². The highest BCUT2D eigenvalue weighted by molar-refractivity contribution is 5.85. The first kappa shape index (κ1) is 23.9. The van der Waals surface area contributed by atoms with Crippen molar-refractivity contribution in [2.24, 2.45) is 5.41 Å². The third kappa shape index (κ3) is 5.31. The first-order valence-corrected chi connectivity index (χ1v) is 11.3. The number of likely N-dealkylation sites (tertiary alicyclic amines) is 1. The first-order chi connectivity index (χ1) is 15.5. The molecule has 2 aromatic rings. The summed E-state index contributed by atoms with van der Waals surface area (Å²) in [5.74, 6) is -1.27. The fourth-order valence-electron chi connectivity index (χ4n) is 5.07. The molecule has 3 fully saturated rings. The molecule has 1 amide bonds. The molecule has 2 saturated heterocycles. The van der Waals surface area contributed by atoms with Gasteiger partial charge in [0.2, 0.25) is 5.91 Å². The number of hydrogen-bond donors (Lipinski definition) is 3. The van der Waals surface area contributed by atoms with Gasteiger partial charge in [-0.2, -0.15) is 5.10 Å². The smallest absolute Gasteiger partial charge is 0.236 e. The summed E-state index contributed by atoms with van der Waals surface area (Å²) in [5, 5.41) is 13.3. The number of piperidine rings is 1. The van der Waals surface area contributed by atoms with E-state index in [-0.39, 0.29) is 49.2 Å². The van der Waals surface area contributed by atoms with Crippen LogP contribution in [0.4, 0.5) is 8.78 Å². The van der Waals surface area contributed by atoms with E-state index < -0.39 is 11.6 Å². The van der Waals surface area contributed by atoms with E-state index in [4.69, 9.17) is 4.74 Å². The zero-order valence-electron chi connectivity index (χ0n) is 18.4. The minimum Gasteiger partial charge on any atom is -0.484 e. The molecule has 7 nitrogen and oxygen atoms in total. The Balaban J connectivity index is 0.00000259. The third-order valence-corrected chi connectivity index (χ3v) is 7.18. The molecule has 0 radical (unpaired) electrons. The molecule has 0 bridgehead atoms. The van der Waals surface area contributed by atoms with E-state index in [9.17, 15) is 13.6 Å². The van der Waals surface area contributed by atoms with Gasteiger partial charge in [0, 0.05) is 49.4 Å². The lowest BCUT2D eigenvalue weighted by atomic mass is 9.78. The van der Waals surface area contributed by atoms with Crippen molar-refractivity contribution in [2.75, 3.05) is 32.7 Å². The van der Waals surface area contributed by atoms with Crippen molar-refractivity contribution < 1.29 is 18.3 Å². The van der Waals surface area contributed by atoms with Gasteiger partial charge in [-0.05, 0) is 49.8 Å². The molecular formula is C23H30ClF2N5O2. The van der Waals surface area contributed by atoms with Gasteiger partial charge in [0.25, 0.3) is 0 Å². The number of H-pyrrole nitrogens is 1. The standard InChI is InChI=1S/C23H29F2N5O2.ClH/c24-15-9-18(22(19(25)10-15)32-13-16-1-5-28-29-16)17-11-20(17)27-12-21(31)30-7-3-23(4-8-30)2-6-26-14-23;/h1,5,9-10,17,20,26-27H,2-4,6-8,11-14H2,(H,28,29);1H/t17-,20+;/m0./s1. The molecular weight excluding hydrogens is 452 g/mol. The molecule has 5 rings (SSSR count). The average Bonchev–Trinajstić information content (AvgIpc) is 3.12. The highest BCUT2D eigenvalue weighted by atomic mass is 35.5. The van der Waals surface area contributed by atoms with Crippen molar-refractivity contribution in [3.63, 3.8) is 0 Å². The van der Waals surface area contributed by atoms with Gasteiger partial charge in [-0.15, -0.1) is 12.4 Å². The van der Waals surface area contributed by atoms with Crippen LogP contribution in [-0.4, -0.2) is 59.8 Å². The summed E-state index contributed by atoms with van der Waals surface area (Å²) in [7, 11) is 0. The summed E-state index contributed by atoms with van der Waals surface area (Å²) in [6.45, 7) is 4.10. The second kappa shape index (κ2) is 9.95. The highest BCUT2D eigenvalue weighted by Crippen LogP contribution is 2.46. The zero-order chi connectivity index (χ0) is 22.1. The summed E-state index contributed by atoms with van der Waals surface area (Å²) in [6.07, 6.45) is 5.61. The minimum absolute atomic E-state index is 0. The molecule has 1 aromatic carbocycles. The van der Waals surface area contributed by atoms with Crippen molar-refractivity contribution in [2.45, 2.75) is 44.2 Å². The van der Waals surface area contributed by atoms with Crippen LogP contribution in [0.3, 0.4) is 0 Å². The number of aromatic amines is 1. The maximum Gasteiger partial charge on any atom is 0.236 e. The van der Waals surface area contributed by atoms with Gasteiger partial charge in [-0.3, -0.25) is 9.89 Å². The molecule has 3 heterocycles. The number of benzene rings is 1. The minimum atomic E-state index is -0.718. The lowest BCUT2D eigenvalue weighted by Gasteiger charge is -2.39. The van der Waals surface area contributed by atoms with E-state index in [1.165, 1.54) is 12.5 Å². The molecule has 1 aliphatic carbocycles. The Morgan fingerprint density at radius 1 is 1.27 bits per heavy atom. The molecule has 0 unspecified atom stereocenters. The van der Waals surface area contributed by atoms with Crippen LogP contribution < -0.4 is 15.4 Å². The van der Waals surface area contributed by atoms with Crippen LogP contribution in [0.5, 0.6) is 5.75 Å². The maximum absolute atomic E-state index is 14.5. The topological polar surface area (TPSA) is 82.3 Å². The predicted molar refractivity (Wildman–Crippen MR) is 121 cm³/mol. The SMILES string of the molecule is Cl.O=C(CN[C@@H]1C[C@H]1c1cc(F)cc(F)c1OCc1ccn[nH]1)N1CCC2(CCNC2)CC1. The molecule has 2 aliphatic heterocycles. The van der Waals surface area contributed by atoms with Crippen LogP contribution in [0.25, 0.3) is 0 Å². The van der Waals surface area contributed by atoms with Crippen LogP contribution in [0.15, 0.2) is 24.4 Å². The van der Waals surface area contributed by atoms with Crippen molar-refractivity contribution >= 4 is 18.3 Å².